The minimum absolute atomic E-state index is 0.0908. The Labute approximate surface area is 119 Å². The summed E-state index contributed by atoms with van der Waals surface area (Å²) in [6, 6.07) is 4.64. The number of amides is 1. The Kier molecular flexibility index (Phi) is 3.91. The molecule has 19 heavy (non-hydrogen) atoms. The number of carboxylic acids is 1. The number of hydrogen-bond acceptors (Lipinski definition) is 3. The number of rotatable bonds is 3. The van der Waals surface area contributed by atoms with E-state index < -0.39 is 11.4 Å². The third-order valence-corrected chi connectivity index (χ3v) is 3.78. The van der Waals surface area contributed by atoms with Crippen molar-refractivity contribution in [2.75, 3.05) is 18.4 Å². The first-order valence-corrected chi connectivity index (χ1v) is 6.76. The van der Waals surface area contributed by atoms with Gasteiger partial charge in [0, 0.05) is 16.7 Å². The maximum absolute atomic E-state index is 12.2. The molecule has 1 aromatic rings. The lowest BCUT2D eigenvalue weighted by molar-refractivity contribution is -0.123. The van der Waals surface area contributed by atoms with Gasteiger partial charge in [-0.2, -0.15) is 0 Å². The van der Waals surface area contributed by atoms with Crippen molar-refractivity contribution in [3.05, 3.63) is 28.2 Å². The van der Waals surface area contributed by atoms with Crippen LogP contribution in [0.25, 0.3) is 0 Å². The lowest BCUT2D eigenvalue weighted by Gasteiger charge is -2.21. The Hall–Kier alpha value is -1.40. The molecule has 0 aliphatic carbocycles. The number of carbonyl (C=O) groups excluding carboxylic acids is 1. The number of carboxylic acid groups (broad SMARTS) is 1. The summed E-state index contributed by atoms with van der Waals surface area (Å²) >= 11 is 3.24. The Balaban J connectivity index is 2.19. The van der Waals surface area contributed by atoms with Crippen LogP contribution in [0.3, 0.4) is 0 Å². The van der Waals surface area contributed by atoms with Gasteiger partial charge in [-0.25, -0.2) is 4.79 Å². The van der Waals surface area contributed by atoms with E-state index in [1.54, 1.807) is 6.07 Å². The van der Waals surface area contributed by atoms with E-state index in [0.717, 1.165) is 13.0 Å². The smallest absolute Gasteiger partial charge is 0.335 e. The van der Waals surface area contributed by atoms with Gasteiger partial charge in [-0.05, 0) is 38.1 Å². The molecular formula is C13H15BrN2O3. The standard InChI is InChI=1S/C13H15BrN2O3/c1-13(2-3-15-7-13)12(19)16-10-5-8(11(17)18)4-9(14)6-10/h4-6,15H,2-3,7H2,1H3,(H,16,19)(H,17,18). The van der Waals surface area contributed by atoms with Crippen molar-refractivity contribution in [2.24, 2.45) is 5.41 Å². The maximum Gasteiger partial charge on any atom is 0.335 e. The highest BCUT2D eigenvalue weighted by Gasteiger charge is 2.36. The third kappa shape index (κ3) is 3.13. The average molecular weight is 327 g/mol. The molecule has 0 spiro atoms. The van der Waals surface area contributed by atoms with Gasteiger partial charge in [-0.15, -0.1) is 0 Å². The first-order valence-electron chi connectivity index (χ1n) is 5.97. The molecule has 5 nitrogen and oxygen atoms in total. The molecule has 1 atom stereocenters. The number of anilines is 1. The zero-order valence-corrected chi connectivity index (χ0v) is 12.1. The minimum Gasteiger partial charge on any atom is -0.478 e. The van der Waals surface area contributed by atoms with Gasteiger partial charge in [0.2, 0.25) is 5.91 Å². The van der Waals surface area contributed by atoms with Crippen LogP contribution in [-0.4, -0.2) is 30.1 Å². The lowest BCUT2D eigenvalue weighted by Crippen LogP contribution is -2.35. The number of halogens is 1. The van der Waals surface area contributed by atoms with E-state index in [0.29, 0.717) is 16.7 Å². The van der Waals surface area contributed by atoms with Crippen LogP contribution in [0.5, 0.6) is 0 Å². The monoisotopic (exact) mass is 326 g/mol. The fraction of sp³-hybridized carbons (Fsp3) is 0.385. The summed E-state index contributed by atoms with van der Waals surface area (Å²) in [5, 5.41) is 14.9. The Bertz CT molecular complexity index is 525. The molecule has 0 saturated carbocycles. The summed E-state index contributed by atoms with van der Waals surface area (Å²) in [5.74, 6) is -1.11. The normalized spacial score (nSPS) is 22.2. The van der Waals surface area contributed by atoms with Crippen molar-refractivity contribution >= 4 is 33.5 Å². The van der Waals surface area contributed by atoms with Gasteiger partial charge < -0.3 is 15.7 Å². The second-order valence-electron chi connectivity index (χ2n) is 4.98. The molecule has 0 bridgehead atoms. The molecule has 0 radical (unpaired) electrons. The van der Waals surface area contributed by atoms with Gasteiger partial charge in [-0.1, -0.05) is 15.9 Å². The fourth-order valence-corrected chi connectivity index (χ4v) is 2.57. The number of carbonyl (C=O) groups is 2. The van der Waals surface area contributed by atoms with Crippen molar-refractivity contribution in [1.29, 1.82) is 0 Å². The van der Waals surface area contributed by atoms with E-state index >= 15 is 0 Å². The van der Waals surface area contributed by atoms with Crippen LogP contribution in [0, 0.1) is 5.41 Å². The van der Waals surface area contributed by atoms with Crippen LogP contribution >= 0.6 is 15.9 Å². The van der Waals surface area contributed by atoms with Crippen molar-refractivity contribution < 1.29 is 14.7 Å². The first-order chi connectivity index (χ1) is 8.90. The zero-order chi connectivity index (χ0) is 14.0. The fourth-order valence-electron chi connectivity index (χ4n) is 2.08. The highest BCUT2D eigenvalue weighted by molar-refractivity contribution is 9.10. The number of hydrogen-bond donors (Lipinski definition) is 3. The van der Waals surface area contributed by atoms with Crippen LogP contribution in [0.1, 0.15) is 23.7 Å². The molecule has 3 N–H and O–H groups in total. The predicted octanol–water partition coefficient (Wildman–Crippen LogP) is 2.09. The van der Waals surface area contributed by atoms with Crippen LogP contribution in [0.2, 0.25) is 0 Å². The molecule has 1 amide bonds. The summed E-state index contributed by atoms with van der Waals surface area (Å²) in [4.78, 5) is 23.2. The van der Waals surface area contributed by atoms with Gasteiger partial charge in [0.15, 0.2) is 0 Å². The number of nitrogens with one attached hydrogen (secondary N) is 2. The third-order valence-electron chi connectivity index (χ3n) is 3.32. The number of benzene rings is 1. The summed E-state index contributed by atoms with van der Waals surface area (Å²) in [6.45, 7) is 3.36. The van der Waals surface area contributed by atoms with Crippen molar-refractivity contribution in [3.8, 4) is 0 Å². The molecule has 6 heteroatoms. The van der Waals surface area contributed by atoms with Crippen molar-refractivity contribution in [2.45, 2.75) is 13.3 Å². The van der Waals surface area contributed by atoms with Crippen LogP contribution < -0.4 is 10.6 Å². The van der Waals surface area contributed by atoms with Gasteiger partial charge in [0.1, 0.15) is 0 Å². The van der Waals surface area contributed by atoms with Gasteiger partial charge in [0.25, 0.3) is 0 Å². The molecule has 1 aliphatic rings. The van der Waals surface area contributed by atoms with E-state index in [1.165, 1.54) is 12.1 Å². The topological polar surface area (TPSA) is 78.4 Å². The van der Waals surface area contributed by atoms with E-state index in [4.69, 9.17) is 5.11 Å². The maximum atomic E-state index is 12.2. The SMILES string of the molecule is CC1(C(=O)Nc2cc(Br)cc(C(=O)O)c2)CCNC1. The molecule has 1 unspecified atom stereocenters. The minimum atomic E-state index is -1.02. The lowest BCUT2D eigenvalue weighted by atomic mass is 9.88. The zero-order valence-electron chi connectivity index (χ0n) is 10.5. The summed E-state index contributed by atoms with van der Waals surface area (Å²) < 4.78 is 0.623. The summed E-state index contributed by atoms with van der Waals surface area (Å²) in [7, 11) is 0. The Morgan fingerprint density at radius 3 is 2.74 bits per heavy atom. The molecule has 1 saturated heterocycles. The molecule has 1 aromatic carbocycles. The van der Waals surface area contributed by atoms with E-state index in [2.05, 4.69) is 26.6 Å². The van der Waals surface area contributed by atoms with Crippen LogP contribution in [-0.2, 0) is 4.79 Å². The quantitative estimate of drug-likeness (QED) is 0.794. The molecule has 1 aliphatic heterocycles. The van der Waals surface area contributed by atoms with E-state index in [1.807, 2.05) is 6.92 Å². The molecule has 1 heterocycles. The van der Waals surface area contributed by atoms with E-state index in [-0.39, 0.29) is 11.5 Å². The van der Waals surface area contributed by atoms with Crippen LogP contribution in [0.4, 0.5) is 5.69 Å². The van der Waals surface area contributed by atoms with Gasteiger partial charge in [0.05, 0.1) is 11.0 Å². The van der Waals surface area contributed by atoms with E-state index in [9.17, 15) is 9.59 Å². The molecule has 1 fully saturated rings. The summed E-state index contributed by atoms with van der Waals surface area (Å²) in [5.41, 5.74) is 0.190. The summed E-state index contributed by atoms with van der Waals surface area (Å²) in [6.07, 6.45) is 0.776. The molecule has 0 aromatic heterocycles. The Morgan fingerprint density at radius 2 is 2.16 bits per heavy atom. The van der Waals surface area contributed by atoms with Crippen molar-refractivity contribution in [3.63, 3.8) is 0 Å². The second kappa shape index (κ2) is 5.30. The largest absolute Gasteiger partial charge is 0.478 e. The highest BCUT2D eigenvalue weighted by atomic mass is 79.9. The second-order valence-corrected chi connectivity index (χ2v) is 5.89. The molecular weight excluding hydrogens is 312 g/mol. The highest BCUT2D eigenvalue weighted by Crippen LogP contribution is 2.27. The molecule has 2 rings (SSSR count). The van der Waals surface area contributed by atoms with Crippen LogP contribution in [0.15, 0.2) is 22.7 Å². The first kappa shape index (κ1) is 14.0. The number of aromatic carboxylic acids is 1. The predicted molar refractivity (Wildman–Crippen MR) is 75.3 cm³/mol. The molecule has 102 valence electrons. The van der Waals surface area contributed by atoms with Gasteiger partial charge >= 0.3 is 5.97 Å². The average Bonchev–Trinajstić information content (AvgIpc) is 2.76. The van der Waals surface area contributed by atoms with Gasteiger partial charge in [-0.3, -0.25) is 4.79 Å². The van der Waals surface area contributed by atoms with Crippen molar-refractivity contribution in [1.82, 2.24) is 5.32 Å². The Morgan fingerprint density at radius 1 is 1.42 bits per heavy atom.